The van der Waals surface area contributed by atoms with Crippen molar-refractivity contribution in [3.8, 4) is 17.2 Å². The molecule has 1 atom stereocenters. The fraction of sp³-hybridized carbons (Fsp3) is 0.304. The van der Waals surface area contributed by atoms with E-state index in [0.717, 1.165) is 16.5 Å². The van der Waals surface area contributed by atoms with Crippen LogP contribution in [-0.4, -0.2) is 56.8 Å². The van der Waals surface area contributed by atoms with Crippen LogP contribution in [0.5, 0.6) is 17.2 Å². The monoisotopic (exact) mass is 408 g/mol. The van der Waals surface area contributed by atoms with Gasteiger partial charge in [0, 0.05) is 30.3 Å². The van der Waals surface area contributed by atoms with Crippen molar-refractivity contribution in [2.24, 2.45) is 0 Å². The van der Waals surface area contributed by atoms with Gasteiger partial charge in [-0.05, 0) is 11.5 Å². The summed E-state index contributed by atoms with van der Waals surface area (Å²) >= 11 is 0. The molecule has 7 heteroatoms. The van der Waals surface area contributed by atoms with Gasteiger partial charge in [-0.2, -0.15) is 0 Å². The van der Waals surface area contributed by atoms with Crippen LogP contribution in [0.15, 0.2) is 48.7 Å². The second kappa shape index (κ2) is 8.59. The van der Waals surface area contributed by atoms with Crippen molar-refractivity contribution < 1.29 is 23.7 Å². The predicted octanol–water partition coefficient (Wildman–Crippen LogP) is 3.47. The number of rotatable bonds is 5. The number of hydrogen-bond acceptors (Lipinski definition) is 6. The van der Waals surface area contributed by atoms with Crippen molar-refractivity contribution in [1.29, 1.82) is 0 Å². The van der Waals surface area contributed by atoms with Crippen molar-refractivity contribution in [3.63, 3.8) is 0 Å². The van der Waals surface area contributed by atoms with Gasteiger partial charge in [-0.3, -0.25) is 9.78 Å². The van der Waals surface area contributed by atoms with E-state index in [1.807, 2.05) is 36.5 Å². The summed E-state index contributed by atoms with van der Waals surface area (Å²) in [4.78, 5) is 19.6. The second-order valence-corrected chi connectivity index (χ2v) is 6.97. The Bertz CT molecular complexity index is 1070. The first-order valence-corrected chi connectivity index (χ1v) is 9.70. The van der Waals surface area contributed by atoms with Crippen LogP contribution in [0.4, 0.5) is 0 Å². The molecule has 0 radical (unpaired) electrons. The third-order valence-corrected chi connectivity index (χ3v) is 5.27. The van der Waals surface area contributed by atoms with E-state index < -0.39 is 0 Å². The van der Waals surface area contributed by atoms with E-state index >= 15 is 0 Å². The summed E-state index contributed by atoms with van der Waals surface area (Å²) in [7, 11) is 4.61. The highest BCUT2D eigenvalue weighted by molar-refractivity contribution is 5.98. The fourth-order valence-electron chi connectivity index (χ4n) is 3.66. The molecule has 0 saturated carbocycles. The minimum atomic E-state index is -0.293. The molecule has 0 bridgehead atoms. The van der Waals surface area contributed by atoms with Crippen molar-refractivity contribution in [2.45, 2.75) is 6.10 Å². The zero-order valence-electron chi connectivity index (χ0n) is 17.3. The first kappa shape index (κ1) is 20.0. The Morgan fingerprint density at radius 2 is 1.70 bits per heavy atom. The lowest BCUT2D eigenvalue weighted by atomic mass is 10.1. The zero-order valence-corrected chi connectivity index (χ0v) is 17.3. The average Bonchev–Trinajstić information content (AvgIpc) is 2.82. The SMILES string of the molecule is COc1cc(OC)c(C(=O)N2CCO[C@@H](c3cc4ccccc4cn3)C2)cc1OC. The quantitative estimate of drug-likeness (QED) is 0.644. The lowest BCUT2D eigenvalue weighted by Crippen LogP contribution is -2.42. The van der Waals surface area contributed by atoms with Crippen LogP contribution >= 0.6 is 0 Å². The van der Waals surface area contributed by atoms with Crippen molar-refractivity contribution in [1.82, 2.24) is 9.88 Å². The summed E-state index contributed by atoms with van der Waals surface area (Å²) < 4.78 is 22.0. The van der Waals surface area contributed by atoms with E-state index in [1.54, 1.807) is 24.1 Å². The smallest absolute Gasteiger partial charge is 0.257 e. The molecule has 2 aromatic carbocycles. The highest BCUT2D eigenvalue weighted by atomic mass is 16.5. The number of carbonyl (C=O) groups is 1. The van der Waals surface area contributed by atoms with E-state index in [9.17, 15) is 4.79 Å². The molecule has 1 aromatic heterocycles. The van der Waals surface area contributed by atoms with Gasteiger partial charge in [-0.1, -0.05) is 24.3 Å². The molecule has 1 amide bonds. The van der Waals surface area contributed by atoms with Crippen molar-refractivity contribution >= 4 is 16.7 Å². The molecular formula is C23H24N2O5. The number of morpholine rings is 1. The van der Waals surface area contributed by atoms with Gasteiger partial charge in [0.1, 0.15) is 11.9 Å². The van der Waals surface area contributed by atoms with Gasteiger partial charge in [-0.25, -0.2) is 0 Å². The van der Waals surface area contributed by atoms with E-state index in [2.05, 4.69) is 4.98 Å². The third kappa shape index (κ3) is 3.76. The molecule has 3 aromatic rings. The Labute approximate surface area is 175 Å². The summed E-state index contributed by atoms with van der Waals surface area (Å²) in [6.07, 6.45) is 1.55. The van der Waals surface area contributed by atoms with Crippen LogP contribution in [0.25, 0.3) is 10.8 Å². The summed E-state index contributed by atoms with van der Waals surface area (Å²) in [5.74, 6) is 1.26. The number of amides is 1. The number of benzene rings is 2. The highest BCUT2D eigenvalue weighted by Crippen LogP contribution is 2.36. The number of hydrogen-bond donors (Lipinski definition) is 0. The van der Waals surface area contributed by atoms with E-state index in [4.69, 9.17) is 18.9 Å². The Kier molecular flexibility index (Phi) is 5.72. The highest BCUT2D eigenvalue weighted by Gasteiger charge is 2.29. The Balaban J connectivity index is 1.60. The van der Waals surface area contributed by atoms with Gasteiger partial charge < -0.3 is 23.8 Å². The van der Waals surface area contributed by atoms with Gasteiger partial charge in [0.25, 0.3) is 5.91 Å². The zero-order chi connectivity index (χ0) is 21.1. The van der Waals surface area contributed by atoms with E-state index in [-0.39, 0.29) is 12.0 Å². The molecule has 156 valence electrons. The molecule has 7 nitrogen and oxygen atoms in total. The van der Waals surface area contributed by atoms with Crippen LogP contribution in [0.3, 0.4) is 0 Å². The van der Waals surface area contributed by atoms with Gasteiger partial charge in [0.15, 0.2) is 11.5 Å². The molecule has 0 spiro atoms. The number of pyridine rings is 1. The first-order valence-electron chi connectivity index (χ1n) is 9.70. The molecule has 2 heterocycles. The van der Waals surface area contributed by atoms with Crippen LogP contribution in [0.1, 0.15) is 22.2 Å². The topological polar surface area (TPSA) is 70.1 Å². The van der Waals surface area contributed by atoms with Crippen LogP contribution in [-0.2, 0) is 4.74 Å². The third-order valence-electron chi connectivity index (χ3n) is 5.27. The molecule has 30 heavy (non-hydrogen) atoms. The molecule has 0 N–H and O–H groups in total. The van der Waals surface area contributed by atoms with Gasteiger partial charge >= 0.3 is 0 Å². The normalized spacial score (nSPS) is 16.4. The first-order chi connectivity index (χ1) is 14.6. The Morgan fingerprint density at radius 3 is 2.43 bits per heavy atom. The Hall–Kier alpha value is -3.32. The maximum Gasteiger partial charge on any atom is 0.257 e. The molecule has 1 fully saturated rings. The standard InChI is InChI=1S/C23H24N2O5/c1-27-19-12-21(29-3)20(28-2)11-17(19)23(26)25-8-9-30-22(14-25)18-10-15-6-4-5-7-16(15)13-24-18/h4-7,10-13,22H,8-9,14H2,1-3H3/t22-/m1/s1. The maximum absolute atomic E-state index is 13.3. The number of fused-ring (bicyclic) bond motifs is 1. The lowest BCUT2D eigenvalue weighted by molar-refractivity contribution is -0.0247. The molecule has 1 aliphatic heterocycles. The molecule has 1 saturated heterocycles. The second-order valence-electron chi connectivity index (χ2n) is 6.97. The number of nitrogens with zero attached hydrogens (tertiary/aromatic N) is 2. The summed E-state index contributed by atoms with van der Waals surface area (Å²) in [5.41, 5.74) is 1.23. The van der Waals surface area contributed by atoms with Crippen LogP contribution in [0, 0.1) is 0 Å². The summed E-state index contributed by atoms with van der Waals surface area (Å²) in [5, 5.41) is 2.16. The average molecular weight is 408 g/mol. The molecule has 1 aliphatic rings. The molecule has 0 aliphatic carbocycles. The number of ether oxygens (including phenoxy) is 4. The largest absolute Gasteiger partial charge is 0.496 e. The van der Waals surface area contributed by atoms with Gasteiger partial charge in [-0.15, -0.1) is 0 Å². The number of carbonyl (C=O) groups excluding carboxylic acids is 1. The molecular weight excluding hydrogens is 384 g/mol. The lowest BCUT2D eigenvalue weighted by Gasteiger charge is -2.33. The minimum absolute atomic E-state index is 0.151. The molecule has 4 rings (SSSR count). The maximum atomic E-state index is 13.3. The van der Waals surface area contributed by atoms with E-state index in [1.165, 1.54) is 14.2 Å². The van der Waals surface area contributed by atoms with Crippen molar-refractivity contribution in [2.75, 3.05) is 41.0 Å². The Morgan fingerprint density at radius 1 is 1.00 bits per heavy atom. The molecule has 0 unspecified atom stereocenters. The van der Waals surface area contributed by atoms with Gasteiger partial charge in [0.2, 0.25) is 0 Å². The van der Waals surface area contributed by atoms with Crippen LogP contribution in [0.2, 0.25) is 0 Å². The minimum Gasteiger partial charge on any atom is -0.496 e. The fourth-order valence-corrected chi connectivity index (χ4v) is 3.66. The van der Waals surface area contributed by atoms with E-state index in [0.29, 0.717) is 42.5 Å². The predicted molar refractivity (Wildman–Crippen MR) is 112 cm³/mol. The summed E-state index contributed by atoms with van der Waals surface area (Å²) in [6.45, 7) is 1.32. The summed E-state index contributed by atoms with van der Waals surface area (Å²) in [6, 6.07) is 13.4. The van der Waals surface area contributed by atoms with Crippen LogP contribution < -0.4 is 14.2 Å². The van der Waals surface area contributed by atoms with Gasteiger partial charge in [0.05, 0.1) is 45.7 Å². The number of aromatic nitrogens is 1. The number of methoxy groups -OCH3 is 3. The van der Waals surface area contributed by atoms with Crippen molar-refractivity contribution in [3.05, 3.63) is 59.9 Å².